The van der Waals surface area contributed by atoms with Gasteiger partial charge in [-0.1, -0.05) is 156 Å². The number of benzene rings is 6. The third-order valence-electron chi connectivity index (χ3n) is 12.4. The molecule has 6 aromatic rings. The summed E-state index contributed by atoms with van der Waals surface area (Å²) in [7, 11) is 0. The maximum atomic E-state index is 2.63. The lowest BCUT2D eigenvalue weighted by atomic mass is 9.28. The van der Waals surface area contributed by atoms with Crippen LogP contribution >= 0.6 is 0 Å². The van der Waals surface area contributed by atoms with Gasteiger partial charge in [0.15, 0.2) is 0 Å². The van der Waals surface area contributed by atoms with Gasteiger partial charge in [0, 0.05) is 33.9 Å². The fraction of sp³-hybridized carbons (Fsp3) is 0.231. The molecule has 0 spiro atoms. The quantitative estimate of drug-likeness (QED) is 0.168. The predicted octanol–water partition coefficient (Wildman–Crippen LogP) is 13.1. The van der Waals surface area contributed by atoms with Crippen LogP contribution in [0.15, 0.2) is 157 Å². The molecule has 0 saturated carbocycles. The number of rotatable bonds is 4. The van der Waals surface area contributed by atoms with E-state index in [9.17, 15) is 0 Å². The first kappa shape index (κ1) is 35.2. The van der Waals surface area contributed by atoms with Crippen molar-refractivity contribution in [3.63, 3.8) is 0 Å². The van der Waals surface area contributed by atoms with Crippen molar-refractivity contribution in [2.75, 3.05) is 9.80 Å². The van der Waals surface area contributed by atoms with Crippen LogP contribution in [-0.4, -0.2) is 6.71 Å². The molecule has 3 heteroatoms. The predicted molar refractivity (Wildman–Crippen MR) is 238 cm³/mol. The molecule has 2 aliphatic heterocycles. The molecule has 1 atom stereocenters. The van der Waals surface area contributed by atoms with Crippen LogP contribution in [-0.2, 0) is 5.41 Å². The van der Waals surface area contributed by atoms with Crippen LogP contribution in [0.2, 0.25) is 5.82 Å². The molecule has 55 heavy (non-hydrogen) atoms. The van der Waals surface area contributed by atoms with Crippen molar-refractivity contribution in [3.05, 3.63) is 174 Å². The van der Waals surface area contributed by atoms with Crippen molar-refractivity contribution >= 4 is 46.1 Å². The van der Waals surface area contributed by atoms with Crippen molar-refractivity contribution < 1.29 is 0 Å². The first-order chi connectivity index (χ1) is 26.4. The van der Waals surface area contributed by atoms with E-state index >= 15 is 0 Å². The van der Waals surface area contributed by atoms with E-state index < -0.39 is 0 Å². The minimum absolute atomic E-state index is 0.00755. The zero-order chi connectivity index (χ0) is 38.2. The van der Waals surface area contributed by atoms with Crippen LogP contribution in [0.25, 0.3) is 22.3 Å². The minimum atomic E-state index is 0.00755. The molecule has 0 radical (unpaired) electrons. The molecule has 0 bridgehead atoms. The highest BCUT2D eigenvalue weighted by Crippen LogP contribution is 2.54. The fourth-order valence-electron chi connectivity index (χ4n) is 9.44. The molecule has 0 fully saturated rings. The van der Waals surface area contributed by atoms with E-state index in [4.69, 9.17) is 0 Å². The Hall–Kier alpha value is -5.54. The van der Waals surface area contributed by atoms with E-state index in [0.717, 1.165) is 6.42 Å². The van der Waals surface area contributed by atoms with E-state index in [2.05, 4.69) is 211 Å². The van der Waals surface area contributed by atoms with Crippen LogP contribution in [0, 0.1) is 19.3 Å². The molecule has 0 aromatic heterocycles. The molecule has 0 N–H and O–H groups in total. The van der Waals surface area contributed by atoms with E-state index in [1.165, 1.54) is 89.6 Å². The van der Waals surface area contributed by atoms with Gasteiger partial charge in [-0.05, 0) is 112 Å². The molecule has 3 aliphatic rings. The third-order valence-corrected chi connectivity index (χ3v) is 12.4. The lowest BCUT2D eigenvalue weighted by Gasteiger charge is -2.50. The molecule has 6 aromatic carbocycles. The first-order valence-electron chi connectivity index (χ1n) is 20.0. The van der Waals surface area contributed by atoms with Gasteiger partial charge in [0.05, 0.1) is 11.4 Å². The van der Waals surface area contributed by atoms with Gasteiger partial charge >= 0.3 is 0 Å². The Bertz CT molecular complexity index is 2540. The van der Waals surface area contributed by atoms with Gasteiger partial charge in [0.1, 0.15) is 0 Å². The number of aryl methyl sites for hydroxylation is 2. The van der Waals surface area contributed by atoms with Crippen LogP contribution in [0.4, 0.5) is 28.4 Å². The Morgan fingerprint density at radius 3 is 1.56 bits per heavy atom. The Morgan fingerprint density at radius 1 is 0.491 bits per heavy atom. The van der Waals surface area contributed by atoms with Crippen LogP contribution in [0.3, 0.4) is 0 Å². The summed E-state index contributed by atoms with van der Waals surface area (Å²) in [5.41, 5.74) is 21.0. The minimum Gasteiger partial charge on any atom is -0.314 e. The maximum Gasteiger partial charge on any atom is 0.226 e. The standard InChI is InChI=1S/C52H51BN2/c1-34-18-9-11-20-38(34)40-22-13-15-24-44(40)54-46-30-28-36(51(3,4)5)32-42(46)53-43-33-37(52(6,7)8)29-31-47(43)55(49-27-17-26-48(54)50(49)53)45-25-16-14-23-41(45)39-21-12-10-19-35(39)2/h9-32,43H,33H2,1-8H3. The van der Waals surface area contributed by atoms with Gasteiger partial charge in [-0.25, -0.2) is 0 Å². The van der Waals surface area contributed by atoms with E-state index in [0.29, 0.717) is 0 Å². The molecule has 9 rings (SSSR count). The second-order valence-electron chi connectivity index (χ2n) is 17.9. The Labute approximate surface area is 329 Å². The smallest absolute Gasteiger partial charge is 0.226 e. The summed E-state index contributed by atoms with van der Waals surface area (Å²) in [6, 6.07) is 50.1. The number of para-hydroxylation sites is 2. The third kappa shape index (κ3) is 5.79. The van der Waals surface area contributed by atoms with Crippen molar-refractivity contribution in [2.45, 2.75) is 73.0 Å². The van der Waals surface area contributed by atoms with Crippen LogP contribution in [0.5, 0.6) is 0 Å². The Morgan fingerprint density at radius 2 is 1.00 bits per heavy atom. The van der Waals surface area contributed by atoms with Gasteiger partial charge in [-0.2, -0.15) is 0 Å². The maximum absolute atomic E-state index is 2.63. The molecular formula is C52H51BN2. The average Bonchev–Trinajstić information content (AvgIpc) is 3.17. The van der Waals surface area contributed by atoms with E-state index in [1.807, 2.05) is 0 Å². The summed E-state index contributed by atoms with van der Waals surface area (Å²) in [4.78, 5) is 5.21. The molecule has 2 nitrogen and oxygen atoms in total. The molecular weight excluding hydrogens is 663 g/mol. The molecule has 272 valence electrons. The van der Waals surface area contributed by atoms with E-state index in [-0.39, 0.29) is 23.4 Å². The number of hydrogen-bond acceptors (Lipinski definition) is 2. The Kier molecular flexibility index (Phi) is 8.35. The summed E-state index contributed by atoms with van der Waals surface area (Å²) in [5.74, 6) is 0.250. The highest BCUT2D eigenvalue weighted by Gasteiger charge is 2.49. The molecule has 1 aliphatic carbocycles. The number of nitrogens with zero attached hydrogens (tertiary/aromatic N) is 2. The second kappa shape index (κ2) is 13.1. The average molecular weight is 715 g/mol. The first-order valence-corrected chi connectivity index (χ1v) is 20.0. The van der Waals surface area contributed by atoms with Gasteiger partial charge in [0.2, 0.25) is 6.71 Å². The molecule has 0 saturated heterocycles. The monoisotopic (exact) mass is 714 g/mol. The highest BCUT2D eigenvalue weighted by atomic mass is 15.2. The molecule has 0 amide bonds. The SMILES string of the molecule is Cc1ccccc1-c1ccccc1N1C2=CC=C(C(C)(C)C)CC2B2c3cc(C(C)(C)C)ccc3N(c3ccccc3-c3ccccc3C)c3cccc1c32. The van der Waals surface area contributed by atoms with E-state index in [1.54, 1.807) is 0 Å². The highest BCUT2D eigenvalue weighted by molar-refractivity contribution is 6.91. The lowest BCUT2D eigenvalue weighted by Crippen LogP contribution is -2.58. The summed E-state index contributed by atoms with van der Waals surface area (Å²) in [6.45, 7) is 18.8. The van der Waals surface area contributed by atoms with Crippen molar-refractivity contribution in [2.24, 2.45) is 5.41 Å². The zero-order valence-corrected chi connectivity index (χ0v) is 33.6. The van der Waals surface area contributed by atoms with Crippen LogP contribution in [0.1, 0.15) is 64.7 Å². The topological polar surface area (TPSA) is 6.48 Å². The molecule has 1 unspecified atom stereocenters. The van der Waals surface area contributed by atoms with Gasteiger partial charge in [-0.15, -0.1) is 0 Å². The molecule has 2 heterocycles. The van der Waals surface area contributed by atoms with Gasteiger partial charge in [-0.3, -0.25) is 0 Å². The number of allylic oxidation sites excluding steroid dienone is 4. The summed E-state index contributed by atoms with van der Waals surface area (Å²) in [5, 5.41) is 0. The Balaban J connectivity index is 1.37. The number of anilines is 5. The second-order valence-corrected chi connectivity index (χ2v) is 17.9. The number of fused-ring (bicyclic) bond motifs is 4. The summed E-state index contributed by atoms with van der Waals surface area (Å²) < 4.78 is 0. The summed E-state index contributed by atoms with van der Waals surface area (Å²) in [6.07, 6.45) is 5.91. The summed E-state index contributed by atoms with van der Waals surface area (Å²) >= 11 is 0. The largest absolute Gasteiger partial charge is 0.314 e. The van der Waals surface area contributed by atoms with Crippen molar-refractivity contribution in [1.82, 2.24) is 0 Å². The van der Waals surface area contributed by atoms with Gasteiger partial charge in [0.25, 0.3) is 0 Å². The van der Waals surface area contributed by atoms with Crippen LogP contribution < -0.4 is 20.7 Å². The van der Waals surface area contributed by atoms with Gasteiger partial charge < -0.3 is 9.80 Å². The lowest BCUT2D eigenvalue weighted by molar-refractivity contribution is 0.478. The van der Waals surface area contributed by atoms with Crippen molar-refractivity contribution in [1.29, 1.82) is 0 Å². The zero-order valence-electron chi connectivity index (χ0n) is 33.6. The number of hydrogen-bond donors (Lipinski definition) is 0. The van der Waals surface area contributed by atoms with Crippen molar-refractivity contribution in [3.8, 4) is 22.3 Å². The fourth-order valence-corrected chi connectivity index (χ4v) is 9.44. The normalized spacial score (nSPS) is 16.2.